The fourth-order valence-corrected chi connectivity index (χ4v) is 3.59. The number of rotatable bonds is 4. The molecule has 1 aliphatic rings. The van der Waals surface area contributed by atoms with Crippen molar-refractivity contribution in [3.05, 3.63) is 72.1 Å². The molecule has 1 N–H and O–H groups in total. The molecular formula is C20H21N3O2. The number of ether oxygens (including phenoxy) is 1. The van der Waals surface area contributed by atoms with Gasteiger partial charge in [-0.25, -0.2) is 4.52 Å². The van der Waals surface area contributed by atoms with Crippen molar-refractivity contribution in [1.29, 1.82) is 0 Å². The molecule has 0 spiro atoms. The van der Waals surface area contributed by atoms with Crippen LogP contribution in [0.5, 0.6) is 0 Å². The molecule has 4 rings (SSSR count). The predicted octanol–water partition coefficient (Wildman–Crippen LogP) is 2.70. The fourth-order valence-electron chi connectivity index (χ4n) is 3.59. The van der Waals surface area contributed by atoms with Gasteiger partial charge in [-0.3, -0.25) is 4.79 Å². The number of carbonyl (C=O) groups is 1. The number of hydrogen-bond acceptors (Lipinski definition) is 3. The van der Waals surface area contributed by atoms with Gasteiger partial charge in [0.2, 0.25) is 5.91 Å². The lowest BCUT2D eigenvalue weighted by Gasteiger charge is -2.36. The number of nitrogens with zero attached hydrogens (tertiary/aromatic N) is 2. The normalized spacial score (nSPS) is 16.6. The topological polar surface area (TPSA) is 55.6 Å². The Balaban J connectivity index is 1.57. The third-order valence-corrected chi connectivity index (χ3v) is 5.05. The summed E-state index contributed by atoms with van der Waals surface area (Å²) in [6.07, 6.45) is 5.13. The summed E-state index contributed by atoms with van der Waals surface area (Å²) in [5, 5.41) is 7.47. The van der Waals surface area contributed by atoms with Crippen LogP contribution in [0.25, 0.3) is 5.52 Å². The van der Waals surface area contributed by atoms with E-state index in [0.717, 1.165) is 16.6 Å². The minimum Gasteiger partial charge on any atom is -0.381 e. The Bertz CT molecular complexity index is 867. The minimum absolute atomic E-state index is 0.0669. The van der Waals surface area contributed by atoms with Crippen LogP contribution in [0.2, 0.25) is 0 Å². The van der Waals surface area contributed by atoms with Gasteiger partial charge in [-0.05, 0) is 30.5 Å². The van der Waals surface area contributed by atoms with Gasteiger partial charge in [0.15, 0.2) is 0 Å². The van der Waals surface area contributed by atoms with Gasteiger partial charge in [-0.1, -0.05) is 36.4 Å². The third kappa shape index (κ3) is 2.91. The van der Waals surface area contributed by atoms with Crippen molar-refractivity contribution < 1.29 is 9.53 Å². The summed E-state index contributed by atoms with van der Waals surface area (Å²) in [5.74, 6) is 0.0669. The van der Waals surface area contributed by atoms with E-state index in [1.54, 1.807) is 0 Å². The lowest BCUT2D eigenvalue weighted by atomic mass is 9.73. The Hall–Kier alpha value is -2.66. The Morgan fingerprint density at radius 3 is 2.68 bits per heavy atom. The zero-order valence-corrected chi connectivity index (χ0v) is 14.0. The van der Waals surface area contributed by atoms with E-state index < -0.39 is 5.41 Å². The standard InChI is InChI=1S/C20H21N3O2/c24-19(21-14-16-15-22-23-11-5-4-8-18(16)23)20(9-12-25-13-10-20)17-6-2-1-3-7-17/h1-8,11,15H,9-10,12-14H2,(H,21,24). The largest absolute Gasteiger partial charge is 0.381 e. The molecule has 5 nitrogen and oxygen atoms in total. The second-order valence-electron chi connectivity index (χ2n) is 6.44. The molecule has 3 aromatic rings. The quantitative estimate of drug-likeness (QED) is 0.797. The molecule has 1 aliphatic heterocycles. The van der Waals surface area contributed by atoms with Crippen LogP contribution >= 0.6 is 0 Å². The zero-order chi connectivity index (χ0) is 17.1. The first-order chi connectivity index (χ1) is 12.3. The summed E-state index contributed by atoms with van der Waals surface area (Å²) in [6.45, 7) is 1.69. The van der Waals surface area contributed by atoms with Crippen LogP contribution in [0, 0.1) is 0 Å². The molecule has 0 atom stereocenters. The number of fused-ring (bicyclic) bond motifs is 1. The number of benzene rings is 1. The number of nitrogens with one attached hydrogen (secondary N) is 1. The molecule has 0 bridgehead atoms. The summed E-state index contributed by atoms with van der Waals surface area (Å²) in [7, 11) is 0. The van der Waals surface area contributed by atoms with Crippen LogP contribution in [0.4, 0.5) is 0 Å². The van der Waals surface area contributed by atoms with Crippen molar-refractivity contribution >= 4 is 11.4 Å². The zero-order valence-electron chi connectivity index (χ0n) is 14.0. The number of aromatic nitrogens is 2. The van der Waals surface area contributed by atoms with Crippen LogP contribution in [-0.2, 0) is 21.5 Å². The summed E-state index contributed by atoms with van der Waals surface area (Å²) in [6, 6.07) is 16.0. The Morgan fingerprint density at radius 2 is 1.88 bits per heavy atom. The van der Waals surface area contributed by atoms with Gasteiger partial charge in [0, 0.05) is 31.5 Å². The first-order valence-corrected chi connectivity index (χ1v) is 8.62. The molecule has 128 valence electrons. The maximum atomic E-state index is 13.2. The number of hydrogen-bond donors (Lipinski definition) is 1. The first kappa shape index (κ1) is 15.8. The molecule has 1 amide bonds. The average Bonchev–Trinajstić information content (AvgIpc) is 3.10. The summed E-state index contributed by atoms with van der Waals surface area (Å²) in [4.78, 5) is 13.2. The maximum Gasteiger partial charge on any atom is 0.231 e. The molecule has 2 aromatic heterocycles. The maximum absolute atomic E-state index is 13.2. The highest BCUT2D eigenvalue weighted by Crippen LogP contribution is 2.35. The minimum atomic E-state index is -0.511. The van der Waals surface area contributed by atoms with E-state index in [4.69, 9.17) is 4.74 Å². The Labute approximate surface area is 146 Å². The van der Waals surface area contributed by atoms with Crippen LogP contribution < -0.4 is 5.32 Å². The van der Waals surface area contributed by atoms with Crippen molar-refractivity contribution in [3.8, 4) is 0 Å². The number of carbonyl (C=O) groups excluding carboxylic acids is 1. The van der Waals surface area contributed by atoms with Crippen molar-refractivity contribution in [2.24, 2.45) is 0 Å². The first-order valence-electron chi connectivity index (χ1n) is 8.62. The summed E-state index contributed by atoms with van der Waals surface area (Å²) < 4.78 is 7.33. The van der Waals surface area contributed by atoms with Gasteiger partial charge < -0.3 is 10.1 Å². The van der Waals surface area contributed by atoms with Crippen molar-refractivity contribution in [2.75, 3.05) is 13.2 Å². The highest BCUT2D eigenvalue weighted by molar-refractivity contribution is 5.88. The SMILES string of the molecule is O=C(NCc1cnn2ccccc12)C1(c2ccccc2)CCOCC1. The molecule has 1 aromatic carbocycles. The molecule has 0 radical (unpaired) electrons. The van der Waals surface area contributed by atoms with E-state index in [0.29, 0.717) is 32.6 Å². The molecule has 25 heavy (non-hydrogen) atoms. The molecule has 0 aliphatic carbocycles. The van der Waals surface area contributed by atoms with E-state index in [1.807, 2.05) is 65.4 Å². The third-order valence-electron chi connectivity index (χ3n) is 5.05. The van der Waals surface area contributed by atoms with Gasteiger partial charge in [0.05, 0.1) is 17.1 Å². The highest BCUT2D eigenvalue weighted by Gasteiger charge is 2.41. The van der Waals surface area contributed by atoms with Crippen LogP contribution in [0.1, 0.15) is 24.0 Å². The number of pyridine rings is 1. The lowest BCUT2D eigenvalue weighted by molar-refractivity contribution is -0.130. The van der Waals surface area contributed by atoms with Gasteiger partial charge in [-0.15, -0.1) is 0 Å². The summed E-state index contributed by atoms with van der Waals surface area (Å²) >= 11 is 0. The molecule has 1 saturated heterocycles. The molecule has 3 heterocycles. The number of amides is 1. The predicted molar refractivity (Wildman–Crippen MR) is 95.2 cm³/mol. The molecule has 1 fully saturated rings. The molecule has 0 saturated carbocycles. The van der Waals surface area contributed by atoms with Crippen molar-refractivity contribution in [3.63, 3.8) is 0 Å². The van der Waals surface area contributed by atoms with E-state index in [1.165, 1.54) is 0 Å². The van der Waals surface area contributed by atoms with E-state index in [9.17, 15) is 4.79 Å². The average molecular weight is 335 g/mol. The van der Waals surface area contributed by atoms with E-state index >= 15 is 0 Å². The van der Waals surface area contributed by atoms with Gasteiger partial charge >= 0.3 is 0 Å². The monoisotopic (exact) mass is 335 g/mol. The van der Waals surface area contributed by atoms with Gasteiger partial charge in [0.25, 0.3) is 0 Å². The smallest absolute Gasteiger partial charge is 0.231 e. The lowest BCUT2D eigenvalue weighted by Crippen LogP contribution is -2.47. The Morgan fingerprint density at radius 1 is 1.12 bits per heavy atom. The fraction of sp³-hybridized carbons (Fsp3) is 0.300. The van der Waals surface area contributed by atoms with Gasteiger partial charge in [0.1, 0.15) is 0 Å². The van der Waals surface area contributed by atoms with E-state index in [-0.39, 0.29) is 5.91 Å². The second kappa shape index (κ2) is 6.69. The summed E-state index contributed by atoms with van der Waals surface area (Å²) in [5.41, 5.74) is 2.59. The van der Waals surface area contributed by atoms with Crippen molar-refractivity contribution in [2.45, 2.75) is 24.8 Å². The highest BCUT2D eigenvalue weighted by atomic mass is 16.5. The second-order valence-corrected chi connectivity index (χ2v) is 6.44. The molecule has 0 unspecified atom stereocenters. The van der Waals surface area contributed by atoms with E-state index in [2.05, 4.69) is 10.4 Å². The van der Waals surface area contributed by atoms with Crippen LogP contribution in [0.15, 0.2) is 60.9 Å². The van der Waals surface area contributed by atoms with Crippen LogP contribution in [-0.4, -0.2) is 28.7 Å². The van der Waals surface area contributed by atoms with Crippen molar-refractivity contribution in [1.82, 2.24) is 14.9 Å². The van der Waals surface area contributed by atoms with Crippen LogP contribution in [0.3, 0.4) is 0 Å². The molecule has 5 heteroatoms. The molecular weight excluding hydrogens is 314 g/mol. The Kier molecular flexibility index (Phi) is 4.24. The van der Waals surface area contributed by atoms with Gasteiger partial charge in [-0.2, -0.15) is 5.10 Å².